The van der Waals surface area contributed by atoms with Gasteiger partial charge in [0.1, 0.15) is 0 Å². The van der Waals surface area contributed by atoms with Crippen LogP contribution in [0.5, 0.6) is 0 Å². The van der Waals surface area contributed by atoms with Gasteiger partial charge in [-0.15, -0.1) is 0 Å². The first-order valence-electron chi connectivity index (χ1n) is 2.47. The van der Waals surface area contributed by atoms with Gasteiger partial charge in [-0.3, -0.25) is 0 Å². The minimum atomic E-state index is 1.21. The third-order valence-electron chi connectivity index (χ3n) is 0.600. The first-order valence-corrected chi connectivity index (χ1v) is 2.47. The SMILES string of the molecule is CC(C)=C/C=C/C#N. The van der Waals surface area contributed by atoms with E-state index in [1.54, 1.807) is 6.08 Å². The van der Waals surface area contributed by atoms with Crippen molar-refractivity contribution in [2.24, 2.45) is 0 Å². The molecule has 0 atom stereocenters. The summed E-state index contributed by atoms with van der Waals surface area (Å²) < 4.78 is 0. The lowest BCUT2D eigenvalue weighted by Crippen LogP contribution is -1.57. The number of nitrogens with zero attached hydrogens (tertiary/aromatic N) is 1. The van der Waals surface area contributed by atoms with Crippen LogP contribution in [-0.2, 0) is 0 Å². The third-order valence-corrected chi connectivity index (χ3v) is 0.600. The van der Waals surface area contributed by atoms with Crippen LogP contribution in [0.4, 0.5) is 0 Å². The molecule has 0 fully saturated rings. The van der Waals surface area contributed by atoms with Crippen molar-refractivity contribution in [3.8, 4) is 6.07 Å². The van der Waals surface area contributed by atoms with Gasteiger partial charge < -0.3 is 0 Å². The van der Waals surface area contributed by atoms with E-state index in [0.29, 0.717) is 0 Å². The lowest BCUT2D eigenvalue weighted by molar-refractivity contribution is 1.39. The third kappa shape index (κ3) is 4.97. The van der Waals surface area contributed by atoms with Crippen molar-refractivity contribution in [1.82, 2.24) is 0 Å². The highest BCUT2D eigenvalue weighted by Crippen LogP contribution is 1.87. The first kappa shape index (κ1) is 6.97. The van der Waals surface area contributed by atoms with Crippen LogP contribution in [0, 0.1) is 11.3 Å². The molecule has 0 unspecified atom stereocenters. The molecule has 0 aromatic rings. The van der Waals surface area contributed by atoms with Crippen molar-refractivity contribution >= 4 is 0 Å². The Morgan fingerprint density at radius 3 is 2.50 bits per heavy atom. The van der Waals surface area contributed by atoms with Gasteiger partial charge in [0, 0.05) is 6.08 Å². The molecule has 0 aliphatic carbocycles. The van der Waals surface area contributed by atoms with E-state index in [-0.39, 0.29) is 0 Å². The summed E-state index contributed by atoms with van der Waals surface area (Å²) in [6.07, 6.45) is 5.07. The summed E-state index contributed by atoms with van der Waals surface area (Å²) in [6.45, 7) is 3.98. The van der Waals surface area contributed by atoms with Gasteiger partial charge in [-0.25, -0.2) is 0 Å². The molecule has 0 bridgehead atoms. The largest absolute Gasteiger partial charge is 0.193 e. The zero-order chi connectivity index (χ0) is 6.41. The quantitative estimate of drug-likeness (QED) is 0.371. The maximum Gasteiger partial charge on any atom is 0.0912 e. The minimum Gasteiger partial charge on any atom is -0.193 e. The molecule has 0 heterocycles. The van der Waals surface area contributed by atoms with E-state index in [1.807, 2.05) is 26.0 Å². The van der Waals surface area contributed by atoms with Crippen molar-refractivity contribution in [3.05, 3.63) is 23.8 Å². The van der Waals surface area contributed by atoms with Crippen LogP contribution in [0.1, 0.15) is 13.8 Å². The van der Waals surface area contributed by atoms with Gasteiger partial charge in [0.2, 0.25) is 0 Å². The first-order chi connectivity index (χ1) is 3.77. The fourth-order valence-electron chi connectivity index (χ4n) is 0.284. The second-order valence-electron chi connectivity index (χ2n) is 1.73. The van der Waals surface area contributed by atoms with Gasteiger partial charge in [-0.05, 0) is 13.8 Å². The maximum absolute atomic E-state index is 8.01. The summed E-state index contributed by atoms with van der Waals surface area (Å²) in [7, 11) is 0. The van der Waals surface area contributed by atoms with E-state index >= 15 is 0 Å². The molecule has 0 saturated heterocycles. The summed E-state index contributed by atoms with van der Waals surface area (Å²) in [5.41, 5.74) is 1.21. The van der Waals surface area contributed by atoms with Crippen LogP contribution in [0.15, 0.2) is 23.8 Å². The summed E-state index contributed by atoms with van der Waals surface area (Å²) in [6, 6.07) is 1.90. The Kier molecular flexibility index (Phi) is 3.60. The monoisotopic (exact) mass is 107 g/mol. The highest BCUT2D eigenvalue weighted by atomic mass is 14.2. The van der Waals surface area contributed by atoms with Crippen LogP contribution in [-0.4, -0.2) is 0 Å². The summed E-state index contributed by atoms with van der Waals surface area (Å²) in [5, 5.41) is 8.01. The fraction of sp³-hybridized carbons (Fsp3) is 0.286. The van der Waals surface area contributed by atoms with Gasteiger partial charge in [0.15, 0.2) is 0 Å². The van der Waals surface area contributed by atoms with E-state index < -0.39 is 0 Å². The Labute approximate surface area is 49.9 Å². The molecule has 1 nitrogen and oxygen atoms in total. The zero-order valence-electron chi connectivity index (χ0n) is 5.18. The number of hydrogen-bond acceptors (Lipinski definition) is 1. The van der Waals surface area contributed by atoms with Crippen molar-refractivity contribution in [3.63, 3.8) is 0 Å². The standard InChI is InChI=1S/C7H9N/c1-7(2)5-3-4-6-8/h3-5H,1-2H3/b4-3+. The van der Waals surface area contributed by atoms with Crippen LogP contribution in [0.3, 0.4) is 0 Å². The average Bonchev–Trinajstić information content (AvgIpc) is 1.66. The molecule has 0 aliphatic heterocycles. The van der Waals surface area contributed by atoms with E-state index in [0.717, 1.165) is 0 Å². The molecule has 0 aromatic heterocycles. The molecular weight excluding hydrogens is 98.1 g/mol. The molecule has 8 heavy (non-hydrogen) atoms. The Hall–Kier alpha value is -1.03. The van der Waals surface area contributed by atoms with E-state index in [2.05, 4.69) is 0 Å². The Bertz CT molecular complexity index is 142. The molecular formula is C7H9N. The van der Waals surface area contributed by atoms with Gasteiger partial charge >= 0.3 is 0 Å². The Morgan fingerprint density at radius 1 is 1.50 bits per heavy atom. The summed E-state index contributed by atoms with van der Waals surface area (Å²) in [5.74, 6) is 0. The molecule has 0 N–H and O–H groups in total. The molecule has 0 aromatic carbocycles. The van der Waals surface area contributed by atoms with Gasteiger partial charge in [-0.1, -0.05) is 17.7 Å². The highest BCUT2D eigenvalue weighted by molar-refractivity contribution is 5.14. The minimum absolute atomic E-state index is 1.21. The predicted molar refractivity (Wildman–Crippen MR) is 34.2 cm³/mol. The van der Waals surface area contributed by atoms with Crippen LogP contribution in [0.2, 0.25) is 0 Å². The summed E-state index contributed by atoms with van der Waals surface area (Å²) in [4.78, 5) is 0. The molecule has 1 heteroatoms. The number of rotatable bonds is 1. The topological polar surface area (TPSA) is 23.8 Å². The second-order valence-corrected chi connectivity index (χ2v) is 1.73. The van der Waals surface area contributed by atoms with Crippen molar-refractivity contribution in [2.75, 3.05) is 0 Å². The molecule has 0 amide bonds. The smallest absolute Gasteiger partial charge is 0.0912 e. The second kappa shape index (κ2) is 4.14. The highest BCUT2D eigenvalue weighted by Gasteiger charge is 1.67. The van der Waals surface area contributed by atoms with E-state index in [1.165, 1.54) is 11.6 Å². The van der Waals surface area contributed by atoms with Crippen LogP contribution < -0.4 is 0 Å². The predicted octanol–water partition coefficient (Wildman–Crippen LogP) is 2.03. The number of nitriles is 1. The van der Waals surface area contributed by atoms with Crippen LogP contribution >= 0.6 is 0 Å². The number of hydrogen-bond donors (Lipinski definition) is 0. The van der Waals surface area contributed by atoms with Gasteiger partial charge in [0.05, 0.1) is 6.07 Å². The summed E-state index contributed by atoms with van der Waals surface area (Å²) >= 11 is 0. The molecule has 0 aliphatic rings. The molecule has 0 radical (unpaired) electrons. The Balaban J connectivity index is 3.63. The lowest BCUT2D eigenvalue weighted by Gasteiger charge is -1.77. The van der Waals surface area contributed by atoms with Crippen molar-refractivity contribution in [1.29, 1.82) is 5.26 Å². The normalized spacial score (nSPS) is 8.62. The van der Waals surface area contributed by atoms with Gasteiger partial charge in [0.25, 0.3) is 0 Å². The van der Waals surface area contributed by atoms with E-state index in [9.17, 15) is 0 Å². The molecule has 0 saturated carbocycles. The fourth-order valence-corrected chi connectivity index (χ4v) is 0.284. The molecule has 42 valence electrons. The van der Waals surface area contributed by atoms with Crippen molar-refractivity contribution < 1.29 is 0 Å². The van der Waals surface area contributed by atoms with Gasteiger partial charge in [-0.2, -0.15) is 5.26 Å². The number of allylic oxidation sites excluding steroid dienone is 4. The Morgan fingerprint density at radius 2 is 2.12 bits per heavy atom. The molecule has 0 spiro atoms. The van der Waals surface area contributed by atoms with Crippen molar-refractivity contribution in [2.45, 2.75) is 13.8 Å². The maximum atomic E-state index is 8.01. The van der Waals surface area contributed by atoms with Crippen LogP contribution in [0.25, 0.3) is 0 Å². The zero-order valence-corrected chi connectivity index (χ0v) is 5.18. The lowest BCUT2D eigenvalue weighted by atomic mass is 10.3. The average molecular weight is 107 g/mol. The molecule has 0 rings (SSSR count). The van der Waals surface area contributed by atoms with E-state index in [4.69, 9.17) is 5.26 Å².